The van der Waals surface area contributed by atoms with Crippen molar-refractivity contribution in [2.24, 2.45) is 0 Å². The molecule has 0 amide bonds. The van der Waals surface area contributed by atoms with E-state index in [0.29, 0.717) is 41.5 Å². The Morgan fingerprint density at radius 2 is 1.71 bits per heavy atom. The zero-order valence-electron chi connectivity index (χ0n) is 22.5. The van der Waals surface area contributed by atoms with Gasteiger partial charge in [0.1, 0.15) is 17.6 Å². The highest BCUT2D eigenvalue weighted by Gasteiger charge is 2.21. The van der Waals surface area contributed by atoms with Gasteiger partial charge in [-0.05, 0) is 61.0 Å². The molecule has 8 heteroatoms. The van der Waals surface area contributed by atoms with E-state index in [0.717, 1.165) is 22.6 Å². The summed E-state index contributed by atoms with van der Waals surface area (Å²) in [7, 11) is 0. The maximum atomic E-state index is 13.0. The molecule has 8 nitrogen and oxygen atoms in total. The zero-order valence-corrected chi connectivity index (χ0v) is 22.5. The number of anilines is 1. The number of hydrogen-bond acceptors (Lipinski definition) is 7. The van der Waals surface area contributed by atoms with Crippen molar-refractivity contribution in [1.29, 1.82) is 0 Å². The Morgan fingerprint density at radius 3 is 2.44 bits per heavy atom. The lowest BCUT2D eigenvalue weighted by Crippen LogP contribution is -2.32. The molecule has 206 valence electrons. The molecule has 0 radical (unpaired) electrons. The number of carbonyl (C=O) groups excluding carboxylic acids is 1. The van der Waals surface area contributed by atoms with Crippen LogP contribution >= 0.6 is 0 Å². The van der Waals surface area contributed by atoms with Crippen LogP contribution in [0.4, 0.5) is 5.69 Å². The number of rotatable bonds is 12. The molecular formula is C33H29N3O5. The van der Waals surface area contributed by atoms with Crippen LogP contribution in [-0.2, 0) is 17.6 Å². The molecule has 5 aromatic rings. The molecule has 3 aromatic carbocycles. The zero-order chi connectivity index (χ0) is 28.6. The minimum atomic E-state index is -1.02. The van der Waals surface area contributed by atoms with Gasteiger partial charge >= 0.3 is 5.97 Å². The van der Waals surface area contributed by atoms with E-state index in [1.165, 1.54) is 6.20 Å². The number of nitrogens with zero attached hydrogens (tertiary/aromatic N) is 2. The molecule has 0 fully saturated rings. The van der Waals surface area contributed by atoms with Gasteiger partial charge in [0.2, 0.25) is 5.89 Å². The third-order valence-corrected chi connectivity index (χ3v) is 6.61. The predicted octanol–water partition coefficient (Wildman–Crippen LogP) is 6.01. The average molecular weight is 548 g/mol. The van der Waals surface area contributed by atoms with Gasteiger partial charge in [0.25, 0.3) is 0 Å². The second-order valence-electron chi connectivity index (χ2n) is 9.49. The topological polar surface area (TPSA) is 115 Å². The maximum Gasteiger partial charge on any atom is 0.326 e. The van der Waals surface area contributed by atoms with E-state index in [4.69, 9.17) is 9.15 Å². The van der Waals surface area contributed by atoms with Crippen molar-refractivity contribution in [3.63, 3.8) is 0 Å². The third kappa shape index (κ3) is 6.86. The van der Waals surface area contributed by atoms with E-state index < -0.39 is 12.0 Å². The van der Waals surface area contributed by atoms with Crippen molar-refractivity contribution in [3.8, 4) is 17.2 Å². The largest absolute Gasteiger partial charge is 0.493 e. The van der Waals surface area contributed by atoms with E-state index in [1.54, 1.807) is 42.6 Å². The maximum absolute atomic E-state index is 13.0. The van der Waals surface area contributed by atoms with Crippen molar-refractivity contribution in [2.45, 2.75) is 25.8 Å². The van der Waals surface area contributed by atoms with Crippen LogP contribution in [0.15, 0.2) is 108 Å². The van der Waals surface area contributed by atoms with E-state index in [2.05, 4.69) is 15.3 Å². The number of aryl methyl sites for hydroxylation is 1. The van der Waals surface area contributed by atoms with Crippen LogP contribution < -0.4 is 10.1 Å². The first kappa shape index (κ1) is 27.3. The number of aliphatic carboxylic acids is 1. The SMILES string of the molecule is Cc1oc(-c2ccccc2)nc1CCOc1ccc(C[C@H](Nc2ccccc2C(=O)c2cccnc2)C(=O)O)cc1. The number of pyridine rings is 1. The molecular weight excluding hydrogens is 518 g/mol. The molecule has 2 aromatic heterocycles. The van der Waals surface area contributed by atoms with Crippen LogP contribution in [0.3, 0.4) is 0 Å². The Balaban J connectivity index is 1.19. The Labute approximate surface area is 237 Å². The van der Waals surface area contributed by atoms with Crippen LogP contribution in [0.25, 0.3) is 11.5 Å². The fraction of sp³-hybridized carbons (Fsp3) is 0.152. The number of ketones is 1. The molecule has 2 N–H and O–H groups in total. The molecule has 0 unspecified atom stereocenters. The van der Waals surface area contributed by atoms with Crippen LogP contribution in [0.1, 0.15) is 32.9 Å². The summed E-state index contributed by atoms with van der Waals surface area (Å²) in [4.78, 5) is 33.8. The number of benzene rings is 3. The van der Waals surface area contributed by atoms with Gasteiger partial charge in [-0.1, -0.05) is 42.5 Å². The first-order valence-corrected chi connectivity index (χ1v) is 13.2. The quantitative estimate of drug-likeness (QED) is 0.183. The smallest absolute Gasteiger partial charge is 0.326 e. The summed E-state index contributed by atoms with van der Waals surface area (Å²) in [5.74, 6) is 0.771. The molecule has 0 spiro atoms. The predicted molar refractivity (Wildman–Crippen MR) is 155 cm³/mol. The van der Waals surface area contributed by atoms with Gasteiger partial charge in [-0.2, -0.15) is 0 Å². The summed E-state index contributed by atoms with van der Waals surface area (Å²) < 4.78 is 11.7. The lowest BCUT2D eigenvalue weighted by Gasteiger charge is -2.18. The summed E-state index contributed by atoms with van der Waals surface area (Å²) in [6.45, 7) is 2.31. The second kappa shape index (κ2) is 12.7. The van der Waals surface area contributed by atoms with Gasteiger partial charge in [0.05, 0.1) is 12.3 Å². The number of oxazole rings is 1. The van der Waals surface area contributed by atoms with Crippen molar-refractivity contribution in [3.05, 3.63) is 132 Å². The number of hydrogen-bond donors (Lipinski definition) is 2. The molecule has 41 heavy (non-hydrogen) atoms. The number of para-hydroxylation sites is 1. The lowest BCUT2D eigenvalue weighted by molar-refractivity contribution is -0.137. The Kier molecular flexibility index (Phi) is 8.49. The number of carboxylic acids is 1. The number of carbonyl (C=O) groups is 2. The van der Waals surface area contributed by atoms with E-state index in [9.17, 15) is 14.7 Å². The molecule has 2 heterocycles. The average Bonchev–Trinajstić information content (AvgIpc) is 3.38. The van der Waals surface area contributed by atoms with Gasteiger partial charge in [-0.3, -0.25) is 9.78 Å². The highest BCUT2D eigenvalue weighted by atomic mass is 16.5. The van der Waals surface area contributed by atoms with E-state index >= 15 is 0 Å². The monoisotopic (exact) mass is 547 g/mol. The van der Waals surface area contributed by atoms with Gasteiger partial charge in [0.15, 0.2) is 5.78 Å². The van der Waals surface area contributed by atoms with Gasteiger partial charge < -0.3 is 19.6 Å². The third-order valence-electron chi connectivity index (χ3n) is 6.61. The van der Waals surface area contributed by atoms with Crippen LogP contribution in [-0.4, -0.2) is 39.5 Å². The first-order chi connectivity index (χ1) is 20.0. The first-order valence-electron chi connectivity index (χ1n) is 13.2. The summed E-state index contributed by atoms with van der Waals surface area (Å²) >= 11 is 0. The molecule has 0 saturated carbocycles. The Morgan fingerprint density at radius 1 is 0.951 bits per heavy atom. The van der Waals surface area contributed by atoms with Crippen LogP contribution in [0.5, 0.6) is 5.75 Å². The highest BCUT2D eigenvalue weighted by molar-refractivity contribution is 6.12. The summed E-state index contributed by atoms with van der Waals surface area (Å²) in [5.41, 5.74) is 3.85. The number of ether oxygens (including phenoxy) is 1. The van der Waals surface area contributed by atoms with Crippen molar-refractivity contribution >= 4 is 17.4 Å². The highest BCUT2D eigenvalue weighted by Crippen LogP contribution is 2.23. The molecule has 0 aliphatic carbocycles. The molecule has 0 aliphatic rings. The minimum absolute atomic E-state index is 0.214. The standard InChI is InChI=1S/C33H29N3O5/c1-22-28(36-32(41-22)24-8-3-2-4-9-24)17-19-40-26-15-13-23(14-16-26)20-30(33(38)39)35-29-12-6-5-11-27(29)31(37)25-10-7-18-34-21-25/h2-16,18,21,30,35H,17,19-20H2,1H3,(H,38,39)/t30-/m0/s1. The van der Waals surface area contributed by atoms with Crippen molar-refractivity contribution in [1.82, 2.24) is 9.97 Å². The van der Waals surface area contributed by atoms with Gasteiger partial charge in [0, 0.05) is 47.6 Å². The van der Waals surface area contributed by atoms with Crippen molar-refractivity contribution < 1.29 is 23.8 Å². The molecule has 5 rings (SSSR count). The second-order valence-corrected chi connectivity index (χ2v) is 9.49. The minimum Gasteiger partial charge on any atom is -0.493 e. The van der Waals surface area contributed by atoms with Gasteiger partial charge in [-0.25, -0.2) is 9.78 Å². The fourth-order valence-corrected chi connectivity index (χ4v) is 4.43. The van der Waals surface area contributed by atoms with Crippen molar-refractivity contribution in [2.75, 3.05) is 11.9 Å². The molecule has 0 bridgehead atoms. The lowest BCUT2D eigenvalue weighted by atomic mass is 10.0. The number of nitrogens with one attached hydrogen (secondary N) is 1. The molecule has 0 aliphatic heterocycles. The summed E-state index contributed by atoms with van der Waals surface area (Å²) in [6, 6.07) is 26.4. The van der Waals surface area contributed by atoms with E-state index in [1.807, 2.05) is 61.5 Å². The summed E-state index contributed by atoms with van der Waals surface area (Å²) in [5, 5.41) is 13.0. The number of aromatic nitrogens is 2. The normalized spacial score (nSPS) is 11.5. The fourth-order valence-electron chi connectivity index (χ4n) is 4.43. The Hall–Kier alpha value is -5.24. The number of carboxylic acid groups (broad SMARTS) is 1. The van der Waals surface area contributed by atoms with Crippen LogP contribution in [0, 0.1) is 6.92 Å². The Bertz CT molecular complexity index is 1620. The molecule has 0 saturated heterocycles. The summed E-state index contributed by atoms with van der Waals surface area (Å²) in [6.07, 6.45) is 3.89. The molecule has 1 atom stereocenters. The van der Waals surface area contributed by atoms with E-state index in [-0.39, 0.29) is 12.2 Å². The van der Waals surface area contributed by atoms with Crippen LogP contribution in [0.2, 0.25) is 0 Å². The van der Waals surface area contributed by atoms with Gasteiger partial charge in [-0.15, -0.1) is 0 Å².